The summed E-state index contributed by atoms with van der Waals surface area (Å²) in [4.78, 5) is 26.4. The van der Waals surface area contributed by atoms with E-state index in [1.807, 2.05) is 74.5 Å². The number of imide groups is 1. The van der Waals surface area contributed by atoms with E-state index >= 15 is 0 Å². The van der Waals surface area contributed by atoms with Crippen LogP contribution in [0.25, 0.3) is 11.8 Å². The maximum absolute atomic E-state index is 14.1. The predicted octanol–water partition coefficient (Wildman–Crippen LogP) is 5.91. The lowest BCUT2D eigenvalue weighted by molar-refractivity contribution is -0.123. The Morgan fingerprint density at radius 3 is 2.35 bits per heavy atom. The van der Waals surface area contributed by atoms with E-state index in [0.717, 1.165) is 38.9 Å². The molecule has 5 rings (SSSR count). The van der Waals surface area contributed by atoms with Crippen LogP contribution in [0.15, 0.2) is 90.6 Å². The molecule has 0 unspecified atom stereocenters. The van der Waals surface area contributed by atoms with Gasteiger partial charge in [-0.25, -0.2) is 9.18 Å². The van der Waals surface area contributed by atoms with E-state index in [-0.39, 0.29) is 17.8 Å². The molecule has 1 N–H and O–H groups in total. The number of halogens is 1. The molecule has 1 aliphatic heterocycles. The molecule has 1 aliphatic rings. The van der Waals surface area contributed by atoms with E-state index in [2.05, 4.69) is 9.88 Å². The first-order chi connectivity index (χ1) is 17.9. The lowest BCUT2D eigenvalue weighted by atomic mass is 10.2. The van der Waals surface area contributed by atoms with Crippen molar-refractivity contribution in [1.29, 1.82) is 0 Å². The first-order valence-electron chi connectivity index (χ1n) is 11.9. The highest BCUT2D eigenvalue weighted by Gasteiger charge is 2.34. The molecule has 4 aromatic rings. The summed E-state index contributed by atoms with van der Waals surface area (Å²) < 4.78 is 22.0. The molecular weight excluding hydrogens is 469 g/mol. The summed E-state index contributed by atoms with van der Waals surface area (Å²) >= 11 is 0. The summed E-state index contributed by atoms with van der Waals surface area (Å²) in [6.45, 7) is 4.30. The maximum atomic E-state index is 14.1. The van der Waals surface area contributed by atoms with Gasteiger partial charge in [0.05, 0.1) is 6.54 Å². The molecule has 0 saturated carbocycles. The Hall–Kier alpha value is -4.65. The van der Waals surface area contributed by atoms with Gasteiger partial charge in [-0.15, -0.1) is 0 Å². The molecule has 1 fully saturated rings. The minimum atomic E-state index is -0.570. The molecule has 7 heteroatoms. The quantitative estimate of drug-likeness (QED) is 0.256. The number of ether oxygens (including phenoxy) is 1. The molecule has 0 spiro atoms. The van der Waals surface area contributed by atoms with Crippen LogP contribution in [0.4, 0.5) is 9.18 Å². The molecule has 0 atom stereocenters. The number of hydrogen-bond donors (Lipinski definition) is 1. The first kappa shape index (κ1) is 24.1. The highest BCUT2D eigenvalue weighted by Crippen LogP contribution is 2.26. The van der Waals surface area contributed by atoms with Crippen LogP contribution in [0.3, 0.4) is 0 Å². The zero-order valence-corrected chi connectivity index (χ0v) is 20.6. The van der Waals surface area contributed by atoms with E-state index in [4.69, 9.17) is 4.74 Å². The van der Waals surface area contributed by atoms with Crippen LogP contribution >= 0.6 is 0 Å². The van der Waals surface area contributed by atoms with Crippen molar-refractivity contribution >= 4 is 18.0 Å². The maximum Gasteiger partial charge on any atom is 0.329 e. The average molecular weight is 496 g/mol. The number of carbonyl (C=O) groups excluding carboxylic acids is 2. The van der Waals surface area contributed by atoms with Crippen LogP contribution in [-0.4, -0.2) is 21.4 Å². The van der Waals surface area contributed by atoms with E-state index in [1.54, 1.807) is 24.3 Å². The minimum absolute atomic E-state index is 0.133. The largest absolute Gasteiger partial charge is 0.489 e. The number of hydrogen-bond acceptors (Lipinski definition) is 3. The third-order valence-electron chi connectivity index (χ3n) is 6.36. The zero-order chi connectivity index (χ0) is 25.9. The van der Waals surface area contributed by atoms with Crippen molar-refractivity contribution in [3.05, 3.63) is 125 Å². The Morgan fingerprint density at radius 1 is 0.919 bits per heavy atom. The van der Waals surface area contributed by atoms with E-state index in [0.29, 0.717) is 6.61 Å². The van der Waals surface area contributed by atoms with Crippen molar-refractivity contribution in [3.8, 4) is 11.4 Å². The third kappa shape index (κ3) is 5.02. The lowest BCUT2D eigenvalue weighted by Crippen LogP contribution is -2.30. The number of benzene rings is 3. The van der Waals surface area contributed by atoms with Gasteiger partial charge >= 0.3 is 6.03 Å². The number of amides is 3. The van der Waals surface area contributed by atoms with Crippen LogP contribution in [0.2, 0.25) is 0 Å². The van der Waals surface area contributed by atoms with Gasteiger partial charge in [-0.2, -0.15) is 0 Å². The normalized spacial score (nSPS) is 14.4. The Labute approximate surface area is 214 Å². The number of carbonyl (C=O) groups is 2. The molecule has 0 aliphatic carbocycles. The number of urea groups is 1. The predicted molar refractivity (Wildman–Crippen MR) is 139 cm³/mol. The van der Waals surface area contributed by atoms with Gasteiger partial charge in [0.25, 0.3) is 5.91 Å². The van der Waals surface area contributed by atoms with Crippen molar-refractivity contribution in [2.24, 2.45) is 0 Å². The summed E-state index contributed by atoms with van der Waals surface area (Å²) in [5.41, 5.74) is 5.18. The van der Waals surface area contributed by atoms with Gasteiger partial charge in [0.15, 0.2) is 0 Å². The second kappa shape index (κ2) is 10.1. The third-order valence-corrected chi connectivity index (χ3v) is 6.36. The van der Waals surface area contributed by atoms with Gasteiger partial charge < -0.3 is 14.6 Å². The highest BCUT2D eigenvalue weighted by molar-refractivity contribution is 6.14. The van der Waals surface area contributed by atoms with Crippen LogP contribution in [0, 0.1) is 19.7 Å². The molecule has 186 valence electrons. The lowest BCUT2D eigenvalue weighted by Gasteiger charge is -2.12. The Kier molecular flexibility index (Phi) is 6.60. The SMILES string of the molecule is Cc1cc(/C=C2/NC(=O)N(Cc3ccccc3F)C2=O)c(C)n1-c1ccc(OCc2ccccc2)cc1. The molecule has 1 saturated heterocycles. The Morgan fingerprint density at radius 2 is 1.62 bits per heavy atom. The second-order valence-corrected chi connectivity index (χ2v) is 8.90. The molecule has 0 radical (unpaired) electrons. The fourth-order valence-electron chi connectivity index (χ4n) is 4.43. The van der Waals surface area contributed by atoms with Gasteiger partial charge in [0, 0.05) is 22.6 Å². The fourth-order valence-corrected chi connectivity index (χ4v) is 4.43. The smallest absolute Gasteiger partial charge is 0.329 e. The average Bonchev–Trinajstić information content (AvgIpc) is 3.33. The van der Waals surface area contributed by atoms with Gasteiger partial charge in [0.2, 0.25) is 0 Å². The van der Waals surface area contributed by atoms with Crippen molar-refractivity contribution in [3.63, 3.8) is 0 Å². The molecule has 6 nitrogen and oxygen atoms in total. The molecule has 3 aromatic carbocycles. The van der Waals surface area contributed by atoms with Gasteiger partial charge in [-0.05, 0) is 67.4 Å². The van der Waals surface area contributed by atoms with Crippen LogP contribution < -0.4 is 10.1 Å². The second-order valence-electron chi connectivity index (χ2n) is 8.90. The molecule has 3 amide bonds. The van der Waals surface area contributed by atoms with Crippen LogP contribution in [0.5, 0.6) is 5.75 Å². The first-order valence-corrected chi connectivity index (χ1v) is 11.9. The van der Waals surface area contributed by atoms with Crippen LogP contribution in [0.1, 0.15) is 28.1 Å². The van der Waals surface area contributed by atoms with Crippen molar-refractivity contribution < 1.29 is 18.7 Å². The molecule has 0 bridgehead atoms. The number of nitrogens with one attached hydrogen (secondary N) is 1. The fraction of sp³-hybridized carbons (Fsp3) is 0.133. The zero-order valence-electron chi connectivity index (χ0n) is 20.6. The summed E-state index contributed by atoms with van der Waals surface area (Å²) in [5, 5.41) is 2.62. The van der Waals surface area contributed by atoms with Gasteiger partial charge in [-0.1, -0.05) is 48.5 Å². The summed E-state index contributed by atoms with van der Waals surface area (Å²) in [5.74, 6) is -0.176. The van der Waals surface area contributed by atoms with Gasteiger partial charge in [-0.3, -0.25) is 9.69 Å². The van der Waals surface area contributed by atoms with Crippen LogP contribution in [-0.2, 0) is 17.9 Å². The van der Waals surface area contributed by atoms with Gasteiger partial charge in [0.1, 0.15) is 23.9 Å². The molecule has 2 heterocycles. The minimum Gasteiger partial charge on any atom is -0.489 e. The molecular formula is C30H26FN3O3. The Balaban J connectivity index is 1.33. The highest BCUT2D eigenvalue weighted by atomic mass is 19.1. The Bertz CT molecular complexity index is 1490. The number of nitrogens with zero attached hydrogens (tertiary/aromatic N) is 2. The monoisotopic (exact) mass is 495 g/mol. The van der Waals surface area contributed by atoms with E-state index < -0.39 is 17.8 Å². The van der Waals surface area contributed by atoms with E-state index in [1.165, 1.54) is 6.07 Å². The van der Waals surface area contributed by atoms with Crippen molar-refractivity contribution in [1.82, 2.24) is 14.8 Å². The molecule has 37 heavy (non-hydrogen) atoms. The van der Waals surface area contributed by atoms with Crippen molar-refractivity contribution in [2.45, 2.75) is 27.0 Å². The van der Waals surface area contributed by atoms with E-state index in [9.17, 15) is 14.0 Å². The number of rotatable bonds is 7. The topological polar surface area (TPSA) is 63.6 Å². The molecule has 1 aromatic heterocycles. The summed E-state index contributed by atoms with van der Waals surface area (Å²) in [6, 6.07) is 25.3. The summed E-state index contributed by atoms with van der Waals surface area (Å²) in [6.07, 6.45) is 1.66. The number of aromatic nitrogens is 1. The standard InChI is InChI=1S/C30H26FN3O3/c1-20-16-24(17-28-29(35)33(30(36)32-28)18-23-10-6-7-11-27(23)31)21(2)34(20)25-12-14-26(15-13-25)37-19-22-8-4-3-5-9-22/h3-17H,18-19H2,1-2H3,(H,32,36)/b28-17+. The summed E-state index contributed by atoms with van der Waals surface area (Å²) in [7, 11) is 0. The van der Waals surface area contributed by atoms with Crippen molar-refractivity contribution in [2.75, 3.05) is 0 Å². The number of aryl methyl sites for hydroxylation is 1.